The number of rotatable bonds is 3. The van der Waals surface area contributed by atoms with Gasteiger partial charge in [-0.25, -0.2) is 0 Å². The maximum Gasteiger partial charge on any atom is 0.237 e. The van der Waals surface area contributed by atoms with Gasteiger partial charge in [0, 0.05) is 25.4 Å². The van der Waals surface area contributed by atoms with E-state index in [-0.39, 0.29) is 24.4 Å². The number of piperidine rings is 1. The molecule has 6 heteroatoms. The number of aryl methyl sites for hydroxylation is 1. The highest BCUT2D eigenvalue weighted by Crippen LogP contribution is 2.07. The number of carbonyl (C=O) groups excluding carboxylic acids is 1. The molecule has 0 radical (unpaired) electrons. The Morgan fingerprint density at radius 3 is 3.06 bits per heavy atom. The van der Waals surface area contributed by atoms with Gasteiger partial charge >= 0.3 is 0 Å². The van der Waals surface area contributed by atoms with Gasteiger partial charge in [-0.05, 0) is 19.4 Å². The Morgan fingerprint density at radius 1 is 1.65 bits per heavy atom. The van der Waals surface area contributed by atoms with Crippen LogP contribution in [-0.4, -0.2) is 28.3 Å². The van der Waals surface area contributed by atoms with E-state index in [2.05, 4.69) is 15.7 Å². The number of carbonyl (C=O) groups is 1. The Balaban J connectivity index is 0.00000144. The summed E-state index contributed by atoms with van der Waals surface area (Å²) in [5, 5.41) is 10.2. The van der Waals surface area contributed by atoms with Gasteiger partial charge in [-0.2, -0.15) is 5.10 Å². The summed E-state index contributed by atoms with van der Waals surface area (Å²) in [6, 6.07) is -0.00887. The first kappa shape index (κ1) is 14.0. The molecule has 0 aromatic carbocycles. The molecule has 2 N–H and O–H groups in total. The van der Waals surface area contributed by atoms with Crippen LogP contribution in [0.25, 0.3) is 0 Å². The molecule has 1 aliphatic rings. The SMILES string of the molecule is Cl.Cn1cc(CNC(=O)[C@H]2CCCCN2)cn1. The smallest absolute Gasteiger partial charge is 0.237 e. The van der Waals surface area contributed by atoms with Crippen molar-refractivity contribution in [1.29, 1.82) is 0 Å². The molecule has 1 aromatic rings. The molecular formula is C11H19ClN4O. The Kier molecular flexibility index (Phi) is 5.44. The first-order valence-electron chi connectivity index (χ1n) is 5.74. The van der Waals surface area contributed by atoms with Crippen molar-refractivity contribution in [2.75, 3.05) is 6.54 Å². The Labute approximate surface area is 107 Å². The molecule has 1 aromatic heterocycles. The molecule has 0 bridgehead atoms. The average molecular weight is 259 g/mol. The number of aromatic nitrogens is 2. The van der Waals surface area contributed by atoms with Gasteiger partial charge in [0.05, 0.1) is 12.2 Å². The second kappa shape index (κ2) is 6.61. The highest BCUT2D eigenvalue weighted by atomic mass is 35.5. The summed E-state index contributed by atoms with van der Waals surface area (Å²) in [7, 11) is 1.87. The minimum atomic E-state index is -0.00887. The van der Waals surface area contributed by atoms with Gasteiger partial charge in [0.2, 0.25) is 5.91 Å². The first-order chi connectivity index (χ1) is 7.75. The number of nitrogens with one attached hydrogen (secondary N) is 2. The average Bonchev–Trinajstić information content (AvgIpc) is 2.73. The number of amides is 1. The fourth-order valence-electron chi connectivity index (χ4n) is 1.95. The fraction of sp³-hybridized carbons (Fsp3) is 0.636. The van der Waals surface area contributed by atoms with Gasteiger partial charge in [-0.15, -0.1) is 12.4 Å². The fourth-order valence-corrected chi connectivity index (χ4v) is 1.95. The summed E-state index contributed by atoms with van der Waals surface area (Å²) in [4.78, 5) is 11.8. The van der Waals surface area contributed by atoms with Gasteiger partial charge in [0.15, 0.2) is 0 Å². The second-order valence-corrected chi connectivity index (χ2v) is 4.24. The summed E-state index contributed by atoms with van der Waals surface area (Å²) < 4.78 is 1.74. The zero-order valence-corrected chi connectivity index (χ0v) is 10.8. The molecule has 0 saturated carbocycles. The number of nitrogens with zero attached hydrogens (tertiary/aromatic N) is 2. The minimum absolute atomic E-state index is 0. The second-order valence-electron chi connectivity index (χ2n) is 4.24. The summed E-state index contributed by atoms with van der Waals surface area (Å²) in [6.07, 6.45) is 6.94. The molecule has 1 amide bonds. The molecule has 2 rings (SSSR count). The normalized spacial score (nSPS) is 19.5. The van der Waals surface area contributed by atoms with Gasteiger partial charge in [0.25, 0.3) is 0 Å². The Hall–Kier alpha value is -1.07. The first-order valence-corrected chi connectivity index (χ1v) is 5.74. The van der Waals surface area contributed by atoms with E-state index < -0.39 is 0 Å². The van der Waals surface area contributed by atoms with Gasteiger partial charge in [-0.1, -0.05) is 6.42 Å². The van der Waals surface area contributed by atoms with E-state index in [1.54, 1.807) is 10.9 Å². The van der Waals surface area contributed by atoms with Crippen LogP contribution in [0.2, 0.25) is 0 Å². The molecule has 96 valence electrons. The van der Waals surface area contributed by atoms with Crippen molar-refractivity contribution >= 4 is 18.3 Å². The highest BCUT2D eigenvalue weighted by Gasteiger charge is 2.19. The molecule has 2 heterocycles. The third kappa shape index (κ3) is 4.02. The number of halogens is 1. The van der Waals surface area contributed by atoms with E-state index in [4.69, 9.17) is 0 Å². The molecule has 0 spiro atoms. The zero-order chi connectivity index (χ0) is 11.4. The maximum atomic E-state index is 11.8. The van der Waals surface area contributed by atoms with E-state index in [1.807, 2.05) is 13.2 Å². The van der Waals surface area contributed by atoms with E-state index >= 15 is 0 Å². The standard InChI is InChI=1S/C11H18N4O.ClH/c1-15-8-9(7-14-15)6-13-11(16)10-4-2-3-5-12-10;/h7-8,10,12H,2-6H2,1H3,(H,13,16);1H/t10-;/m1./s1. The van der Waals surface area contributed by atoms with Crippen LogP contribution in [0.1, 0.15) is 24.8 Å². The largest absolute Gasteiger partial charge is 0.351 e. The summed E-state index contributed by atoms with van der Waals surface area (Å²) >= 11 is 0. The van der Waals surface area contributed by atoms with E-state index in [1.165, 1.54) is 6.42 Å². The van der Waals surface area contributed by atoms with Crippen LogP contribution in [0.5, 0.6) is 0 Å². The quantitative estimate of drug-likeness (QED) is 0.835. The topological polar surface area (TPSA) is 59.0 Å². The monoisotopic (exact) mass is 258 g/mol. The zero-order valence-electron chi connectivity index (χ0n) is 9.98. The predicted molar refractivity (Wildman–Crippen MR) is 67.9 cm³/mol. The van der Waals surface area contributed by atoms with Crippen molar-refractivity contribution < 1.29 is 4.79 Å². The molecule has 17 heavy (non-hydrogen) atoms. The van der Waals surface area contributed by atoms with Gasteiger partial charge in [-0.3, -0.25) is 9.48 Å². The summed E-state index contributed by atoms with van der Waals surface area (Å²) in [5.41, 5.74) is 1.03. The minimum Gasteiger partial charge on any atom is -0.351 e. The van der Waals surface area contributed by atoms with Crippen LogP contribution in [0.4, 0.5) is 0 Å². The lowest BCUT2D eigenvalue weighted by molar-refractivity contribution is -0.123. The molecule has 0 unspecified atom stereocenters. The van der Waals surface area contributed by atoms with E-state index in [0.29, 0.717) is 6.54 Å². The van der Waals surface area contributed by atoms with Crippen LogP contribution in [-0.2, 0) is 18.4 Å². The number of hydrogen-bond donors (Lipinski definition) is 2. The highest BCUT2D eigenvalue weighted by molar-refractivity contribution is 5.85. The summed E-state index contributed by atoms with van der Waals surface area (Å²) in [6.45, 7) is 1.51. The van der Waals surface area contributed by atoms with Crippen LogP contribution in [0.3, 0.4) is 0 Å². The van der Waals surface area contributed by atoms with Crippen molar-refractivity contribution in [2.45, 2.75) is 31.8 Å². The molecule has 1 saturated heterocycles. The van der Waals surface area contributed by atoms with Crippen molar-refractivity contribution in [3.63, 3.8) is 0 Å². The van der Waals surface area contributed by atoms with Crippen LogP contribution < -0.4 is 10.6 Å². The lowest BCUT2D eigenvalue weighted by Gasteiger charge is -2.22. The Morgan fingerprint density at radius 2 is 2.47 bits per heavy atom. The third-order valence-electron chi connectivity index (χ3n) is 2.85. The van der Waals surface area contributed by atoms with Gasteiger partial charge < -0.3 is 10.6 Å². The van der Waals surface area contributed by atoms with Crippen molar-refractivity contribution in [3.8, 4) is 0 Å². The van der Waals surface area contributed by atoms with E-state index in [9.17, 15) is 4.79 Å². The van der Waals surface area contributed by atoms with Gasteiger partial charge in [0.1, 0.15) is 0 Å². The molecule has 0 aliphatic carbocycles. The molecule has 1 aliphatic heterocycles. The molecule has 5 nitrogen and oxygen atoms in total. The number of hydrogen-bond acceptors (Lipinski definition) is 3. The molecular weight excluding hydrogens is 240 g/mol. The van der Waals surface area contributed by atoms with Crippen molar-refractivity contribution in [3.05, 3.63) is 18.0 Å². The van der Waals surface area contributed by atoms with Crippen LogP contribution >= 0.6 is 12.4 Å². The molecule has 1 fully saturated rings. The van der Waals surface area contributed by atoms with E-state index in [0.717, 1.165) is 24.9 Å². The van der Waals surface area contributed by atoms with Crippen LogP contribution in [0.15, 0.2) is 12.4 Å². The predicted octanol–water partition coefficient (Wildman–Crippen LogP) is 0.600. The van der Waals surface area contributed by atoms with Crippen LogP contribution in [0, 0.1) is 0 Å². The van der Waals surface area contributed by atoms with Crippen molar-refractivity contribution in [2.24, 2.45) is 7.05 Å². The Bertz CT molecular complexity index is 360. The lowest BCUT2D eigenvalue weighted by atomic mass is 10.0. The maximum absolute atomic E-state index is 11.8. The third-order valence-corrected chi connectivity index (χ3v) is 2.85. The lowest BCUT2D eigenvalue weighted by Crippen LogP contribution is -2.46. The van der Waals surface area contributed by atoms with Crippen molar-refractivity contribution in [1.82, 2.24) is 20.4 Å². The molecule has 1 atom stereocenters. The summed E-state index contributed by atoms with van der Waals surface area (Å²) in [5.74, 6) is 0.101.